The largest absolute Gasteiger partial charge is 0.352 e. The molecule has 0 bridgehead atoms. The molecule has 626 valence electrons. The number of carbonyl (C=O) groups excluding carboxylic acids is 10. The van der Waals surface area contributed by atoms with Gasteiger partial charge in [0.05, 0.1) is 68.6 Å². The monoisotopic (exact) mass is 1670 g/mol. The molecule has 6 aliphatic heterocycles. The summed E-state index contributed by atoms with van der Waals surface area (Å²) >= 11 is 0. The average Bonchev–Trinajstić information content (AvgIpc) is 1.10. The van der Waals surface area contributed by atoms with Gasteiger partial charge in [0.2, 0.25) is 49.7 Å². The van der Waals surface area contributed by atoms with Gasteiger partial charge in [0.25, 0.3) is 41.4 Å². The van der Waals surface area contributed by atoms with Crippen LogP contribution in [0.1, 0.15) is 185 Å². The molecule has 120 heavy (non-hydrogen) atoms. The third-order valence-electron chi connectivity index (χ3n) is 23.3. The van der Waals surface area contributed by atoms with Gasteiger partial charge in [-0.15, -0.1) is 0 Å². The first-order chi connectivity index (χ1) is 57.2. The number of aryl methyl sites for hydroxylation is 2. The highest BCUT2D eigenvalue weighted by atomic mass is 32.2. The van der Waals surface area contributed by atoms with Crippen LogP contribution in [0, 0.1) is 0 Å². The second-order valence-electron chi connectivity index (χ2n) is 30.6. The van der Waals surface area contributed by atoms with E-state index in [-0.39, 0.29) is 79.0 Å². The number of hydrogen-bond acceptors (Lipinski definition) is 22. The van der Waals surface area contributed by atoms with Crippen molar-refractivity contribution >= 4 is 124 Å². The number of carbonyl (C=O) groups is 10. The van der Waals surface area contributed by atoms with Gasteiger partial charge in [-0.3, -0.25) is 77.3 Å². The fourth-order valence-corrected chi connectivity index (χ4v) is 18.6. The van der Waals surface area contributed by atoms with Crippen LogP contribution in [0.5, 0.6) is 0 Å². The molecular weight excluding hydrogens is 1580 g/mol. The Bertz CT molecular complexity index is 5950. The normalized spacial score (nSPS) is 17.8. The van der Waals surface area contributed by atoms with Crippen molar-refractivity contribution in [3.8, 4) is 22.5 Å². The van der Waals surface area contributed by atoms with Crippen LogP contribution in [0.3, 0.4) is 0 Å². The number of anilines is 4. The molecule has 6 aliphatic rings. The lowest BCUT2D eigenvalue weighted by Gasteiger charge is -2.48. The Balaban J connectivity index is 0.000000195. The standard InChI is InChI=1S/C42H46N10O7S.C41H44N10O7S.CH4/c1-4-42(24-50(25-42)60(58,59)5-2)51-23-28(22-45-51)35-31-19-21-43-36(31)48-41(47-35)46-29-15-13-27(14-16-29)37(54)44-20-8-6-7-10-26-11-9-12-30-34(26)40(57)52(38(30)55)32-17-18-33(53)49(3)39(32)56;1-3-41(23-49(24-41)59(57,58)4-2)50-22-27(21-44-50)34-30-17-19-42-35(30)48-40(47-34)45-28-12-10-26(11-13-28)36(53)43-18-7-5-6-8-25-9-14-29-31(20-25)39(56)51(38(29)55)32-15-16-33(52)46-37(32)54;/h9,11-16,19,21-23,32H,4-8,10,17-18,20,24-25H2,1-3H3,(H,44,54)(H2,43,46,47,48);9-14,17,19-22,32H,3-8,15-16,18,23-24H2,1-2H3,(H,43,53)(H,46,52,54)(H2,42,45,47,48);1H4. The first kappa shape index (κ1) is 83.9. The van der Waals surface area contributed by atoms with E-state index in [1.807, 2.05) is 59.9 Å². The number of imide groups is 4. The number of piperidine rings is 2. The van der Waals surface area contributed by atoms with Crippen molar-refractivity contribution in [2.75, 3.05) is 68.5 Å². The Morgan fingerprint density at radius 1 is 0.533 bits per heavy atom. The van der Waals surface area contributed by atoms with Crippen LogP contribution in [0.2, 0.25) is 0 Å². The minimum absolute atomic E-state index is 0. The first-order valence-corrected chi connectivity index (χ1v) is 43.2. The number of fused-ring (bicyclic) bond motifs is 4. The number of nitrogens with one attached hydrogen (secondary N) is 7. The summed E-state index contributed by atoms with van der Waals surface area (Å²) in [5.41, 5.74) is 8.38. The molecule has 12 heterocycles. The Morgan fingerprint density at radius 2 is 1.02 bits per heavy atom. The van der Waals surface area contributed by atoms with Crippen molar-refractivity contribution in [2.45, 2.75) is 148 Å². The molecule has 16 rings (SSSR count). The molecular formula is C84H94N20O14S2. The number of amides is 10. The SMILES string of the molecule is C.CCC1(n2cc(-c3nc(Nc4ccc(C(=O)NCCCCCc5ccc6c(c5)C(=O)N(C5CCC(=O)NC5=O)C6=O)cc4)nc4[nH]ccc34)cn2)CN(S(=O)(=O)CC)C1.CCC1(n2cc(-c3nc(Nc4ccc(C(=O)NCCCCCc5cccc6c5C(=O)N(C5CCC(=O)N(C)C5=O)C6=O)cc4)nc4[nH]ccc34)cn2)CN(S(=O)(=O)CC)C1. The molecule has 10 aromatic rings. The van der Waals surface area contributed by atoms with Crippen molar-refractivity contribution < 1.29 is 64.8 Å². The third kappa shape index (κ3) is 16.5. The quantitative estimate of drug-likeness (QED) is 0.0163. The van der Waals surface area contributed by atoms with Crippen LogP contribution in [-0.4, -0.2) is 219 Å². The lowest BCUT2D eigenvalue weighted by atomic mass is 9.89. The Labute approximate surface area is 692 Å². The minimum Gasteiger partial charge on any atom is -0.352 e. The van der Waals surface area contributed by atoms with E-state index in [0.717, 1.165) is 92.7 Å². The molecule has 0 spiro atoms. The van der Waals surface area contributed by atoms with Gasteiger partial charge < -0.3 is 31.2 Å². The smallest absolute Gasteiger partial charge is 0.262 e. The van der Waals surface area contributed by atoms with Gasteiger partial charge in [-0.1, -0.05) is 52.3 Å². The second-order valence-corrected chi connectivity index (χ2v) is 35.2. The van der Waals surface area contributed by atoms with Gasteiger partial charge in [0.1, 0.15) is 23.4 Å². The zero-order chi connectivity index (χ0) is 83.8. The minimum atomic E-state index is -3.28. The number of aromatic amines is 2. The van der Waals surface area contributed by atoms with E-state index < -0.39 is 84.6 Å². The van der Waals surface area contributed by atoms with Crippen LogP contribution in [0.4, 0.5) is 23.3 Å². The van der Waals surface area contributed by atoms with Crippen molar-refractivity contribution in [3.05, 3.63) is 179 Å². The number of rotatable bonds is 30. The highest BCUT2D eigenvalue weighted by Crippen LogP contribution is 2.40. The molecule has 2 unspecified atom stereocenters. The van der Waals surface area contributed by atoms with Gasteiger partial charge in [-0.25, -0.2) is 26.8 Å². The molecule has 7 N–H and O–H groups in total. The van der Waals surface area contributed by atoms with E-state index >= 15 is 0 Å². The van der Waals surface area contributed by atoms with Crippen LogP contribution in [0.25, 0.3) is 44.6 Å². The van der Waals surface area contributed by atoms with Crippen molar-refractivity contribution in [1.29, 1.82) is 0 Å². The Morgan fingerprint density at radius 3 is 1.53 bits per heavy atom. The summed E-state index contributed by atoms with van der Waals surface area (Å²) < 4.78 is 56.4. The molecule has 2 atom stereocenters. The van der Waals surface area contributed by atoms with Crippen LogP contribution < -0.4 is 26.6 Å². The maximum absolute atomic E-state index is 13.5. The number of hydrogen-bond donors (Lipinski definition) is 7. The summed E-state index contributed by atoms with van der Waals surface area (Å²) in [4.78, 5) is 156. The summed E-state index contributed by atoms with van der Waals surface area (Å²) in [6, 6.07) is 26.1. The van der Waals surface area contributed by atoms with E-state index in [9.17, 15) is 64.8 Å². The molecule has 4 saturated heterocycles. The molecule has 10 amide bonds. The van der Waals surface area contributed by atoms with Crippen molar-refractivity contribution in [1.82, 2.24) is 88.7 Å². The molecule has 6 aromatic heterocycles. The number of sulfonamides is 2. The average molecular weight is 1670 g/mol. The molecule has 0 aliphatic carbocycles. The van der Waals surface area contributed by atoms with E-state index in [1.165, 1.54) is 15.7 Å². The van der Waals surface area contributed by atoms with E-state index in [1.54, 1.807) is 111 Å². The number of H-pyrrole nitrogens is 2. The zero-order valence-electron chi connectivity index (χ0n) is 66.3. The lowest BCUT2D eigenvalue weighted by Crippen LogP contribution is -2.64. The Hall–Kier alpha value is -12.5. The van der Waals surface area contributed by atoms with Gasteiger partial charge >= 0.3 is 0 Å². The van der Waals surface area contributed by atoms with Gasteiger partial charge in [-0.05, 0) is 168 Å². The van der Waals surface area contributed by atoms with E-state index in [4.69, 9.17) is 9.97 Å². The topological polar surface area (TPSA) is 434 Å². The molecule has 4 fully saturated rings. The zero-order valence-corrected chi connectivity index (χ0v) is 67.9. The fourth-order valence-electron chi connectivity index (χ4n) is 16.1. The van der Waals surface area contributed by atoms with E-state index in [0.29, 0.717) is 121 Å². The summed E-state index contributed by atoms with van der Waals surface area (Å²) in [5.74, 6) is -3.59. The number of likely N-dealkylation sites (tertiary alicyclic amines) is 1. The summed E-state index contributed by atoms with van der Waals surface area (Å²) in [6.07, 6.45) is 18.5. The predicted octanol–water partition coefficient (Wildman–Crippen LogP) is 8.74. The van der Waals surface area contributed by atoms with Crippen molar-refractivity contribution in [2.24, 2.45) is 0 Å². The first-order valence-electron chi connectivity index (χ1n) is 40.0. The number of nitrogens with zero attached hydrogens (tertiary/aromatic N) is 13. The van der Waals surface area contributed by atoms with Gasteiger partial charge in [0.15, 0.2) is 0 Å². The van der Waals surface area contributed by atoms with Gasteiger partial charge in [-0.2, -0.15) is 28.8 Å². The maximum atomic E-state index is 13.5. The van der Waals surface area contributed by atoms with Crippen LogP contribution >= 0.6 is 0 Å². The Kier molecular flexibility index (Phi) is 24.1. The predicted molar refractivity (Wildman–Crippen MR) is 446 cm³/mol. The molecule has 34 nitrogen and oxygen atoms in total. The fraction of sp³-hybridized carbons (Fsp3) is 0.381. The third-order valence-corrected chi connectivity index (χ3v) is 26.9. The number of unbranched alkanes of at least 4 members (excludes halogenated alkanes) is 4. The second kappa shape index (κ2) is 34.4. The summed E-state index contributed by atoms with van der Waals surface area (Å²) in [6.45, 7) is 9.77. The molecule has 4 aromatic carbocycles. The maximum Gasteiger partial charge on any atom is 0.262 e. The van der Waals surface area contributed by atoms with Crippen molar-refractivity contribution in [3.63, 3.8) is 0 Å². The summed E-state index contributed by atoms with van der Waals surface area (Å²) in [7, 11) is -5.19. The van der Waals surface area contributed by atoms with E-state index in [2.05, 4.69) is 56.7 Å². The van der Waals surface area contributed by atoms with Crippen LogP contribution in [0.15, 0.2) is 134 Å². The van der Waals surface area contributed by atoms with Crippen LogP contribution in [-0.2, 0) is 63.1 Å². The number of likely N-dealkylation sites (N-methyl/N-ethyl adjacent to an activating group) is 1. The lowest BCUT2D eigenvalue weighted by molar-refractivity contribution is -0.149. The molecule has 36 heteroatoms. The van der Waals surface area contributed by atoms with Gasteiger partial charge in [0, 0.05) is 128 Å². The number of benzene rings is 4. The molecule has 0 radical (unpaired) electrons. The summed E-state index contributed by atoms with van der Waals surface area (Å²) in [5, 5.41) is 25.5. The highest BCUT2D eigenvalue weighted by Gasteiger charge is 2.51. The number of aromatic nitrogens is 10. The molecule has 0 saturated carbocycles. The highest BCUT2D eigenvalue weighted by molar-refractivity contribution is 7.89.